The molecule has 98 valence electrons. The average molecular weight is 267 g/mol. The second-order valence-corrected chi connectivity index (χ2v) is 3.80. The van der Waals surface area contributed by atoms with E-state index in [1.54, 1.807) is 7.11 Å². The van der Waals surface area contributed by atoms with Gasteiger partial charge in [-0.1, -0.05) is 30.3 Å². The highest BCUT2D eigenvalue weighted by atomic mass is 35.5. The predicted octanol–water partition coefficient (Wildman–Crippen LogP) is -0.313. The molecule has 4 heteroatoms. The van der Waals surface area contributed by atoms with Crippen LogP contribution in [0.4, 0.5) is 0 Å². The minimum atomic E-state index is 0. The van der Waals surface area contributed by atoms with Crippen molar-refractivity contribution >= 4 is 0 Å². The lowest BCUT2D eigenvalue weighted by Gasteiger charge is -2.01. The van der Waals surface area contributed by atoms with Crippen LogP contribution in [0.3, 0.4) is 0 Å². The molecule has 1 aromatic heterocycles. The van der Waals surface area contributed by atoms with E-state index in [1.807, 2.05) is 42.5 Å². The van der Waals surface area contributed by atoms with E-state index in [1.165, 1.54) is 0 Å². The molecule has 0 amide bonds. The number of hydrogen-bond acceptors (Lipinski definition) is 3. The first-order valence-corrected chi connectivity index (χ1v) is 5.74. The van der Waals surface area contributed by atoms with Crippen LogP contribution in [0.5, 0.6) is 0 Å². The molecule has 0 radical (unpaired) electrons. The van der Waals surface area contributed by atoms with Crippen LogP contribution in [-0.4, -0.2) is 20.3 Å². The molecule has 0 aliphatic carbocycles. The lowest BCUT2D eigenvalue weighted by Crippen LogP contribution is -3.00. The van der Waals surface area contributed by atoms with E-state index < -0.39 is 0 Å². The highest BCUT2D eigenvalue weighted by molar-refractivity contribution is 5.57. The second-order valence-electron chi connectivity index (χ2n) is 3.80. The Hall–Kier alpha value is -1.29. The zero-order valence-electron chi connectivity index (χ0n) is 10.4. The summed E-state index contributed by atoms with van der Waals surface area (Å²) in [5.41, 5.74) is 1.11. The number of nitrogens with one attached hydrogen (secondary N) is 1. The Bertz CT molecular complexity index is 442. The van der Waals surface area contributed by atoms with Crippen LogP contribution >= 0.6 is 0 Å². The van der Waals surface area contributed by atoms with Crippen molar-refractivity contribution in [3.05, 3.63) is 48.2 Å². The molecule has 0 unspecified atom stereocenters. The molecule has 0 spiro atoms. The zero-order chi connectivity index (χ0) is 11.9. The van der Waals surface area contributed by atoms with Crippen LogP contribution in [0, 0.1) is 0 Å². The van der Waals surface area contributed by atoms with Crippen LogP contribution in [0.2, 0.25) is 0 Å². The molecule has 1 aromatic carbocycles. The van der Waals surface area contributed by atoms with Crippen molar-refractivity contribution in [2.75, 3.05) is 20.3 Å². The van der Waals surface area contributed by atoms with Gasteiger partial charge in [-0.2, -0.15) is 0 Å². The summed E-state index contributed by atoms with van der Waals surface area (Å²) in [5.74, 6) is 1.86. The van der Waals surface area contributed by atoms with Gasteiger partial charge in [-0.05, 0) is 12.1 Å². The summed E-state index contributed by atoms with van der Waals surface area (Å²) in [5, 5.41) is 3.25. The molecule has 1 heterocycles. The van der Waals surface area contributed by atoms with Crippen molar-refractivity contribution in [2.24, 2.45) is 0 Å². The smallest absolute Gasteiger partial charge is 0.134 e. The van der Waals surface area contributed by atoms with Crippen LogP contribution < -0.4 is 17.7 Å². The first-order valence-electron chi connectivity index (χ1n) is 5.74. The van der Waals surface area contributed by atoms with E-state index >= 15 is 0 Å². The molecule has 0 saturated heterocycles. The van der Waals surface area contributed by atoms with E-state index in [9.17, 15) is 0 Å². The summed E-state index contributed by atoms with van der Waals surface area (Å²) in [6, 6.07) is 14.1. The third-order valence-electron chi connectivity index (χ3n) is 2.50. The monoisotopic (exact) mass is 266 g/mol. The summed E-state index contributed by atoms with van der Waals surface area (Å²) in [7, 11) is 1.70. The van der Waals surface area contributed by atoms with Gasteiger partial charge in [-0.3, -0.25) is 0 Å². The van der Waals surface area contributed by atoms with E-state index in [-0.39, 0.29) is 12.4 Å². The number of ether oxygens (including phenoxy) is 1. The summed E-state index contributed by atoms with van der Waals surface area (Å²) >= 11 is 0. The lowest BCUT2D eigenvalue weighted by molar-refractivity contribution is -0.00000440. The normalized spacial score (nSPS) is 10.1. The Morgan fingerprint density at radius 1 is 1.11 bits per heavy atom. The quantitative estimate of drug-likeness (QED) is 0.729. The molecule has 2 aromatic rings. The van der Waals surface area contributed by atoms with Crippen molar-refractivity contribution in [1.29, 1.82) is 0 Å². The van der Waals surface area contributed by atoms with Crippen molar-refractivity contribution in [3.63, 3.8) is 0 Å². The molecule has 0 atom stereocenters. The summed E-state index contributed by atoms with van der Waals surface area (Å²) in [4.78, 5) is 0. The predicted molar refractivity (Wildman–Crippen MR) is 67.7 cm³/mol. The third kappa shape index (κ3) is 4.18. The first-order chi connectivity index (χ1) is 8.40. The summed E-state index contributed by atoms with van der Waals surface area (Å²) < 4.78 is 10.7. The maximum absolute atomic E-state index is 5.75. The molecular weight excluding hydrogens is 250 g/mol. The van der Waals surface area contributed by atoms with E-state index in [2.05, 4.69) is 5.32 Å². The number of methoxy groups -OCH3 is 1. The molecule has 0 saturated carbocycles. The minimum Gasteiger partial charge on any atom is -1.00 e. The Morgan fingerprint density at radius 3 is 2.61 bits per heavy atom. The van der Waals surface area contributed by atoms with E-state index in [0.717, 1.165) is 30.2 Å². The van der Waals surface area contributed by atoms with Gasteiger partial charge in [0, 0.05) is 19.2 Å². The summed E-state index contributed by atoms with van der Waals surface area (Å²) in [6.07, 6.45) is 0. The number of benzene rings is 1. The number of hydrogen-bond donors (Lipinski definition) is 1. The average Bonchev–Trinajstić information content (AvgIpc) is 2.85. The van der Waals surface area contributed by atoms with Crippen molar-refractivity contribution in [1.82, 2.24) is 5.32 Å². The molecule has 3 nitrogen and oxygen atoms in total. The van der Waals surface area contributed by atoms with Gasteiger partial charge in [0.1, 0.15) is 11.5 Å². The highest BCUT2D eigenvalue weighted by Crippen LogP contribution is 2.21. The third-order valence-corrected chi connectivity index (χ3v) is 2.50. The van der Waals surface area contributed by atoms with Gasteiger partial charge in [-0.25, -0.2) is 0 Å². The lowest BCUT2D eigenvalue weighted by atomic mass is 10.2. The Labute approximate surface area is 114 Å². The standard InChI is InChI=1S/C14H17NO2.ClH/c1-16-10-9-15-11-13-7-8-14(17-13)12-5-3-2-4-6-12;/h2-8,15H,9-11H2,1H3;1H/p-1. The Balaban J connectivity index is 0.00000162. The first kappa shape index (κ1) is 14.8. The minimum absolute atomic E-state index is 0. The van der Waals surface area contributed by atoms with Crippen molar-refractivity contribution < 1.29 is 21.6 Å². The molecule has 18 heavy (non-hydrogen) atoms. The number of halogens is 1. The second kappa shape index (κ2) is 7.93. The van der Waals surface area contributed by atoms with Gasteiger partial charge in [0.05, 0.1) is 13.2 Å². The fourth-order valence-corrected chi connectivity index (χ4v) is 1.62. The van der Waals surface area contributed by atoms with Crippen LogP contribution in [-0.2, 0) is 11.3 Å². The van der Waals surface area contributed by atoms with E-state index in [0.29, 0.717) is 6.61 Å². The van der Waals surface area contributed by atoms with E-state index in [4.69, 9.17) is 9.15 Å². The number of rotatable bonds is 6. The molecule has 2 rings (SSSR count). The zero-order valence-corrected chi connectivity index (χ0v) is 11.1. The van der Waals surface area contributed by atoms with Crippen molar-refractivity contribution in [2.45, 2.75) is 6.54 Å². The Kier molecular flexibility index (Phi) is 6.50. The molecular formula is C14H17ClNO2-. The topological polar surface area (TPSA) is 34.4 Å². The Morgan fingerprint density at radius 2 is 1.89 bits per heavy atom. The number of furan rings is 1. The van der Waals surface area contributed by atoms with Crippen LogP contribution in [0.15, 0.2) is 46.9 Å². The maximum Gasteiger partial charge on any atom is 0.134 e. The largest absolute Gasteiger partial charge is 1.00 e. The maximum atomic E-state index is 5.75. The molecule has 0 bridgehead atoms. The van der Waals surface area contributed by atoms with Gasteiger partial charge in [0.25, 0.3) is 0 Å². The van der Waals surface area contributed by atoms with Crippen LogP contribution in [0.25, 0.3) is 11.3 Å². The van der Waals surface area contributed by atoms with Gasteiger partial charge in [0.2, 0.25) is 0 Å². The fourth-order valence-electron chi connectivity index (χ4n) is 1.62. The van der Waals surface area contributed by atoms with Crippen LogP contribution in [0.1, 0.15) is 5.76 Å². The van der Waals surface area contributed by atoms with Gasteiger partial charge >= 0.3 is 0 Å². The van der Waals surface area contributed by atoms with Gasteiger partial charge in [-0.15, -0.1) is 0 Å². The summed E-state index contributed by atoms with van der Waals surface area (Å²) in [6.45, 7) is 2.28. The molecule has 0 aliphatic heterocycles. The molecule has 0 fully saturated rings. The fraction of sp³-hybridized carbons (Fsp3) is 0.286. The van der Waals surface area contributed by atoms with Gasteiger partial charge < -0.3 is 26.9 Å². The SMILES string of the molecule is COCCNCc1ccc(-c2ccccc2)o1.[Cl-]. The molecule has 1 N–H and O–H groups in total. The highest BCUT2D eigenvalue weighted by Gasteiger charge is 2.03. The molecule has 0 aliphatic rings. The van der Waals surface area contributed by atoms with Crippen molar-refractivity contribution in [3.8, 4) is 11.3 Å². The van der Waals surface area contributed by atoms with Gasteiger partial charge in [0.15, 0.2) is 0 Å².